The Labute approximate surface area is 136 Å². The first-order valence-electron chi connectivity index (χ1n) is 6.50. The van der Waals surface area contributed by atoms with Gasteiger partial charge in [-0.05, 0) is 12.2 Å². The lowest BCUT2D eigenvalue weighted by Gasteiger charge is -2.30. The molecule has 0 radical (unpaired) electrons. The normalized spacial score (nSPS) is 18.7. The van der Waals surface area contributed by atoms with Gasteiger partial charge in [0.2, 0.25) is 5.60 Å². The zero-order chi connectivity index (χ0) is 18.5. The Morgan fingerprint density at radius 1 is 1.39 bits per heavy atom. The molecule has 0 aromatic rings. The van der Waals surface area contributed by atoms with Crippen LogP contribution < -0.4 is 5.73 Å². The summed E-state index contributed by atoms with van der Waals surface area (Å²) in [6, 6.07) is -1.36. The lowest BCUT2D eigenvalue weighted by atomic mass is 10.0. The van der Waals surface area contributed by atoms with E-state index in [-0.39, 0.29) is 12.2 Å². The van der Waals surface area contributed by atoms with Crippen LogP contribution in [-0.4, -0.2) is 60.5 Å². The van der Waals surface area contributed by atoms with Crippen molar-refractivity contribution in [3.8, 4) is 0 Å². The fourth-order valence-electron chi connectivity index (χ4n) is 1.50. The molecule has 0 aromatic carbocycles. The van der Waals surface area contributed by atoms with Crippen LogP contribution in [0.1, 0.15) is 19.8 Å². The van der Waals surface area contributed by atoms with Gasteiger partial charge in [-0.3, -0.25) is 15.0 Å². The van der Waals surface area contributed by atoms with E-state index in [1.165, 1.54) is 6.92 Å². The number of nitrogens with two attached hydrogens (primary N) is 1. The number of halogens is 3. The van der Waals surface area contributed by atoms with Crippen LogP contribution in [0.25, 0.3) is 0 Å². The van der Waals surface area contributed by atoms with E-state index in [2.05, 4.69) is 0 Å². The Morgan fingerprint density at radius 2 is 1.91 bits per heavy atom. The summed E-state index contributed by atoms with van der Waals surface area (Å²) < 4.78 is 58.5. The summed E-state index contributed by atoms with van der Waals surface area (Å²) in [7, 11) is -3.56. The van der Waals surface area contributed by atoms with Gasteiger partial charge >= 0.3 is 12.1 Å². The Morgan fingerprint density at radius 3 is 2.30 bits per heavy atom. The SMILES string of the molecule is CCSC(=N)C(O)(CCS(=N)(=O)CC[C@H](N)C(=O)O)C(F)(F)F. The van der Waals surface area contributed by atoms with Gasteiger partial charge in [0, 0.05) is 27.7 Å². The number of thioether (sulfide) groups is 1. The number of alkyl halides is 3. The monoisotopic (exact) mass is 379 g/mol. The number of hydrogen-bond acceptors (Lipinski definition) is 7. The van der Waals surface area contributed by atoms with E-state index in [9.17, 15) is 27.3 Å². The lowest BCUT2D eigenvalue weighted by Crippen LogP contribution is -2.51. The van der Waals surface area contributed by atoms with Crippen molar-refractivity contribution < 1.29 is 32.4 Å². The van der Waals surface area contributed by atoms with Crippen molar-refractivity contribution in [2.45, 2.75) is 37.6 Å². The number of carboxylic acid groups (broad SMARTS) is 1. The van der Waals surface area contributed by atoms with Gasteiger partial charge in [0.25, 0.3) is 0 Å². The Balaban J connectivity index is 4.99. The van der Waals surface area contributed by atoms with Crippen LogP contribution in [0.3, 0.4) is 0 Å². The van der Waals surface area contributed by atoms with Gasteiger partial charge in [-0.15, -0.1) is 11.8 Å². The summed E-state index contributed by atoms with van der Waals surface area (Å²) in [6.07, 6.45) is -6.57. The van der Waals surface area contributed by atoms with Crippen molar-refractivity contribution >= 4 is 32.5 Å². The van der Waals surface area contributed by atoms with Gasteiger partial charge in [0.15, 0.2) is 0 Å². The fourth-order valence-corrected chi connectivity index (χ4v) is 3.71. The highest BCUT2D eigenvalue weighted by molar-refractivity contribution is 8.14. The molecule has 0 bridgehead atoms. The van der Waals surface area contributed by atoms with Crippen LogP contribution in [0.5, 0.6) is 0 Å². The maximum atomic E-state index is 13.0. The van der Waals surface area contributed by atoms with Crippen molar-refractivity contribution in [1.29, 1.82) is 10.2 Å². The van der Waals surface area contributed by atoms with E-state index in [4.69, 9.17) is 21.0 Å². The average Bonchev–Trinajstić information content (AvgIpc) is 2.41. The van der Waals surface area contributed by atoms with Crippen LogP contribution >= 0.6 is 11.8 Å². The number of aliphatic hydroxyl groups is 1. The minimum absolute atomic E-state index is 0.140. The first-order chi connectivity index (χ1) is 10.3. The van der Waals surface area contributed by atoms with Gasteiger partial charge in [0.1, 0.15) is 11.1 Å². The topological polar surface area (TPSA) is 148 Å². The van der Waals surface area contributed by atoms with Crippen LogP contribution in [0.4, 0.5) is 13.2 Å². The largest absolute Gasteiger partial charge is 0.480 e. The highest BCUT2D eigenvalue weighted by Crippen LogP contribution is 2.37. The third-order valence-corrected chi connectivity index (χ3v) is 5.68. The third-order valence-electron chi connectivity index (χ3n) is 3.00. The second-order valence-electron chi connectivity index (χ2n) is 4.82. The fraction of sp³-hybridized carbons (Fsp3) is 0.818. The summed E-state index contributed by atoms with van der Waals surface area (Å²) in [6.45, 7) is 1.51. The van der Waals surface area contributed by atoms with Crippen molar-refractivity contribution in [2.75, 3.05) is 17.3 Å². The molecule has 0 heterocycles. The molecule has 136 valence electrons. The standard InChI is InChI=1S/C11H20F3N3O4S2/c1-2-22-9(16)10(20,11(12,13)14)4-6-23(17,21)5-3-7(15)8(18)19/h7,16-17,20H,2-6,15H2,1H3,(H,18,19)/t7-,10?,23?/m0/s1. The highest BCUT2D eigenvalue weighted by Gasteiger charge is 2.56. The summed E-state index contributed by atoms with van der Waals surface area (Å²) in [5.74, 6) is -2.54. The molecular formula is C11H20F3N3O4S2. The van der Waals surface area contributed by atoms with Crippen LogP contribution in [-0.2, 0) is 14.5 Å². The minimum Gasteiger partial charge on any atom is -0.480 e. The van der Waals surface area contributed by atoms with E-state index in [1.54, 1.807) is 0 Å². The van der Waals surface area contributed by atoms with Crippen LogP contribution in [0.2, 0.25) is 0 Å². The molecular weight excluding hydrogens is 359 g/mol. The number of carboxylic acids is 1. The number of rotatable bonds is 9. The molecule has 3 atom stereocenters. The summed E-state index contributed by atoms with van der Waals surface area (Å²) >= 11 is 0.499. The zero-order valence-corrected chi connectivity index (χ0v) is 14.0. The Kier molecular flexibility index (Phi) is 8.00. The summed E-state index contributed by atoms with van der Waals surface area (Å²) in [5, 5.41) is 24.7. The quantitative estimate of drug-likeness (QED) is 0.301. The van der Waals surface area contributed by atoms with Gasteiger partial charge in [-0.1, -0.05) is 6.92 Å². The maximum Gasteiger partial charge on any atom is 0.423 e. The molecule has 0 aliphatic rings. The lowest BCUT2D eigenvalue weighted by molar-refractivity contribution is -0.229. The van der Waals surface area contributed by atoms with Crippen LogP contribution in [0, 0.1) is 10.2 Å². The van der Waals surface area contributed by atoms with E-state index in [0.717, 1.165) is 0 Å². The maximum absolute atomic E-state index is 13.0. The molecule has 0 aromatic heterocycles. The molecule has 0 saturated carbocycles. The molecule has 7 nitrogen and oxygen atoms in total. The van der Waals surface area contributed by atoms with Gasteiger partial charge in [-0.25, -0.2) is 4.21 Å². The molecule has 23 heavy (non-hydrogen) atoms. The van der Waals surface area contributed by atoms with E-state index < -0.39 is 56.5 Å². The second kappa shape index (κ2) is 8.31. The first kappa shape index (κ1) is 22.1. The highest BCUT2D eigenvalue weighted by atomic mass is 32.2. The van der Waals surface area contributed by atoms with Gasteiger partial charge in [-0.2, -0.15) is 13.2 Å². The number of nitrogens with one attached hydrogen (secondary N) is 2. The van der Waals surface area contributed by atoms with E-state index >= 15 is 0 Å². The van der Waals surface area contributed by atoms with Crippen molar-refractivity contribution in [3.05, 3.63) is 0 Å². The van der Waals surface area contributed by atoms with Crippen molar-refractivity contribution in [1.82, 2.24) is 0 Å². The minimum atomic E-state index is -5.14. The first-order valence-corrected chi connectivity index (χ1v) is 9.38. The van der Waals surface area contributed by atoms with Crippen molar-refractivity contribution in [2.24, 2.45) is 5.73 Å². The molecule has 0 rings (SSSR count). The summed E-state index contributed by atoms with van der Waals surface area (Å²) in [4.78, 5) is 10.5. The predicted molar refractivity (Wildman–Crippen MR) is 82.3 cm³/mol. The zero-order valence-electron chi connectivity index (χ0n) is 12.4. The molecule has 6 N–H and O–H groups in total. The molecule has 0 saturated heterocycles. The molecule has 0 spiro atoms. The van der Waals surface area contributed by atoms with Gasteiger partial charge in [0.05, 0.1) is 0 Å². The molecule has 0 aliphatic heterocycles. The average molecular weight is 379 g/mol. The third kappa shape index (κ3) is 6.65. The predicted octanol–water partition coefficient (Wildman–Crippen LogP) is 1.25. The van der Waals surface area contributed by atoms with E-state index in [1.807, 2.05) is 0 Å². The molecule has 0 amide bonds. The number of carbonyl (C=O) groups is 1. The number of aliphatic carboxylic acids is 1. The van der Waals surface area contributed by atoms with E-state index in [0.29, 0.717) is 11.8 Å². The second-order valence-corrected chi connectivity index (χ2v) is 8.54. The van der Waals surface area contributed by atoms with Gasteiger partial charge < -0.3 is 15.9 Å². The Hall–Kier alpha value is -0.850. The molecule has 0 fully saturated rings. The molecule has 12 heteroatoms. The summed E-state index contributed by atoms with van der Waals surface area (Å²) in [5.41, 5.74) is 1.72. The van der Waals surface area contributed by atoms with Crippen LogP contribution in [0.15, 0.2) is 0 Å². The number of hydrogen-bond donors (Lipinski definition) is 5. The smallest absolute Gasteiger partial charge is 0.423 e. The van der Waals surface area contributed by atoms with Crippen molar-refractivity contribution in [3.63, 3.8) is 0 Å². The molecule has 2 unspecified atom stereocenters. The Bertz CT molecular complexity index is 539. The molecule has 0 aliphatic carbocycles.